The van der Waals surface area contributed by atoms with Gasteiger partial charge in [0.25, 0.3) is 0 Å². The van der Waals surface area contributed by atoms with Gasteiger partial charge >= 0.3 is 0 Å². The predicted molar refractivity (Wildman–Crippen MR) is 111 cm³/mol. The first kappa shape index (κ1) is 18.1. The van der Waals surface area contributed by atoms with Gasteiger partial charge in [-0.15, -0.1) is 0 Å². The molecule has 1 aromatic heterocycles. The Labute approximate surface area is 164 Å². The van der Waals surface area contributed by atoms with Crippen molar-refractivity contribution >= 4 is 28.7 Å². The monoisotopic (exact) mass is 379 g/mol. The first-order chi connectivity index (χ1) is 13.2. The van der Waals surface area contributed by atoms with Crippen LogP contribution in [0.1, 0.15) is 48.5 Å². The molecular formula is C22H25N3OS. The molecule has 4 nitrogen and oxygen atoms in total. The van der Waals surface area contributed by atoms with E-state index in [9.17, 15) is 4.79 Å². The third kappa shape index (κ3) is 4.35. The maximum Gasteiger partial charge on any atom is 0.238 e. The first-order valence-electron chi connectivity index (χ1n) is 9.67. The minimum Gasteiger partial charge on any atom is -0.352 e. The number of hydrogen-bond acceptors (Lipinski definition) is 3. The minimum atomic E-state index is -0.310. The first-order valence-corrected chi connectivity index (χ1v) is 10.6. The number of fused-ring (bicyclic) bond motifs is 1. The summed E-state index contributed by atoms with van der Waals surface area (Å²) in [6, 6.07) is 16.5. The number of amides is 1. The zero-order chi connectivity index (χ0) is 18.6. The van der Waals surface area contributed by atoms with E-state index < -0.39 is 0 Å². The van der Waals surface area contributed by atoms with E-state index in [1.165, 1.54) is 36.6 Å². The quantitative estimate of drug-likeness (QED) is 0.603. The van der Waals surface area contributed by atoms with Crippen LogP contribution in [0, 0.1) is 6.92 Å². The molecule has 2 N–H and O–H groups in total. The molecule has 0 unspecified atom stereocenters. The average molecular weight is 380 g/mol. The van der Waals surface area contributed by atoms with Crippen LogP contribution in [0.15, 0.2) is 53.7 Å². The summed E-state index contributed by atoms with van der Waals surface area (Å²) >= 11 is 1.49. The van der Waals surface area contributed by atoms with E-state index in [1.54, 1.807) is 0 Å². The Bertz CT molecular complexity index is 916. The van der Waals surface area contributed by atoms with Crippen molar-refractivity contribution in [3.8, 4) is 0 Å². The lowest BCUT2D eigenvalue weighted by Crippen LogP contribution is -2.38. The molecule has 0 spiro atoms. The zero-order valence-corrected chi connectivity index (χ0v) is 16.4. The summed E-state index contributed by atoms with van der Waals surface area (Å²) in [6.07, 6.45) is 5.86. The molecule has 1 aliphatic rings. The van der Waals surface area contributed by atoms with Crippen molar-refractivity contribution in [1.82, 2.24) is 15.3 Å². The Hall–Kier alpha value is -2.27. The maximum absolute atomic E-state index is 13.1. The van der Waals surface area contributed by atoms with E-state index in [2.05, 4.69) is 34.3 Å². The number of imidazole rings is 1. The maximum atomic E-state index is 13.1. The Morgan fingerprint density at radius 2 is 1.93 bits per heavy atom. The lowest BCUT2D eigenvalue weighted by molar-refractivity contribution is -0.121. The number of benzene rings is 2. The van der Waals surface area contributed by atoms with Gasteiger partial charge in [-0.3, -0.25) is 4.79 Å². The summed E-state index contributed by atoms with van der Waals surface area (Å²) in [7, 11) is 0. The molecule has 2 aromatic carbocycles. The molecule has 4 rings (SSSR count). The van der Waals surface area contributed by atoms with E-state index in [4.69, 9.17) is 0 Å². The Morgan fingerprint density at radius 1 is 1.15 bits per heavy atom. The molecule has 0 bridgehead atoms. The third-order valence-electron chi connectivity index (χ3n) is 5.14. The second kappa shape index (κ2) is 8.17. The van der Waals surface area contributed by atoms with Crippen molar-refractivity contribution in [3.63, 3.8) is 0 Å². The van der Waals surface area contributed by atoms with Gasteiger partial charge in [0.1, 0.15) is 5.25 Å². The second-order valence-electron chi connectivity index (χ2n) is 7.31. The van der Waals surface area contributed by atoms with Gasteiger partial charge in [-0.1, -0.05) is 67.4 Å². The summed E-state index contributed by atoms with van der Waals surface area (Å²) in [6.45, 7) is 2.07. The Kier molecular flexibility index (Phi) is 5.48. The molecule has 3 aromatic rings. The average Bonchev–Trinajstić information content (AvgIpc) is 3.09. The van der Waals surface area contributed by atoms with Crippen LogP contribution >= 0.6 is 11.8 Å². The van der Waals surface area contributed by atoms with Gasteiger partial charge in [-0.05, 0) is 43.0 Å². The molecule has 1 aliphatic carbocycles. The lowest BCUT2D eigenvalue weighted by atomic mass is 9.95. The molecule has 0 radical (unpaired) electrons. The van der Waals surface area contributed by atoms with Gasteiger partial charge in [0, 0.05) is 6.04 Å². The second-order valence-corrected chi connectivity index (χ2v) is 8.41. The highest BCUT2D eigenvalue weighted by Gasteiger charge is 2.26. The van der Waals surface area contributed by atoms with Gasteiger partial charge in [0.2, 0.25) is 5.91 Å². The molecule has 1 atom stereocenters. The SMILES string of the molecule is Cc1ccc2nc(S[C@H](C(=O)NC3CCCCC3)c3ccccc3)[nH]c2c1. The zero-order valence-electron chi connectivity index (χ0n) is 15.6. The highest BCUT2D eigenvalue weighted by molar-refractivity contribution is 8.00. The van der Waals surface area contributed by atoms with E-state index in [1.807, 2.05) is 36.4 Å². The molecule has 5 heteroatoms. The molecule has 140 valence electrons. The van der Waals surface area contributed by atoms with Gasteiger partial charge in [0.15, 0.2) is 5.16 Å². The number of nitrogens with zero attached hydrogens (tertiary/aromatic N) is 1. The number of carbonyl (C=O) groups is 1. The summed E-state index contributed by atoms with van der Waals surface area (Å²) in [5, 5.41) is 3.75. The van der Waals surface area contributed by atoms with Crippen molar-refractivity contribution in [1.29, 1.82) is 0 Å². The van der Waals surface area contributed by atoms with Gasteiger partial charge in [-0.2, -0.15) is 0 Å². The summed E-state index contributed by atoms with van der Waals surface area (Å²) in [5.41, 5.74) is 4.14. The smallest absolute Gasteiger partial charge is 0.238 e. The number of carbonyl (C=O) groups excluding carboxylic acids is 1. The molecule has 1 fully saturated rings. The molecule has 1 heterocycles. The summed E-state index contributed by atoms with van der Waals surface area (Å²) in [5.74, 6) is 0.0785. The van der Waals surface area contributed by atoms with Crippen LogP contribution in [0.2, 0.25) is 0 Å². The summed E-state index contributed by atoms with van der Waals surface area (Å²) in [4.78, 5) is 21.2. The Balaban J connectivity index is 1.57. The lowest BCUT2D eigenvalue weighted by Gasteiger charge is -2.25. The van der Waals surface area contributed by atoms with Crippen LogP contribution in [-0.2, 0) is 4.79 Å². The molecule has 1 amide bonds. The van der Waals surface area contributed by atoms with Crippen LogP contribution in [0.25, 0.3) is 11.0 Å². The number of aromatic nitrogens is 2. The van der Waals surface area contributed by atoms with Crippen molar-refractivity contribution in [2.45, 2.75) is 55.5 Å². The minimum absolute atomic E-state index is 0.0785. The van der Waals surface area contributed by atoms with Gasteiger partial charge < -0.3 is 10.3 Å². The molecule has 0 aliphatic heterocycles. The van der Waals surface area contributed by atoms with Crippen molar-refractivity contribution in [2.75, 3.05) is 0 Å². The standard InChI is InChI=1S/C22H25N3OS/c1-15-12-13-18-19(14-15)25-22(24-18)27-20(16-8-4-2-5-9-16)21(26)23-17-10-6-3-7-11-17/h2,4-5,8-9,12-14,17,20H,3,6-7,10-11H2,1H3,(H,23,26)(H,24,25)/t20-/m0/s1. The number of H-pyrrole nitrogens is 1. The largest absolute Gasteiger partial charge is 0.352 e. The highest BCUT2D eigenvalue weighted by Crippen LogP contribution is 2.35. The van der Waals surface area contributed by atoms with Crippen molar-refractivity contribution < 1.29 is 4.79 Å². The van der Waals surface area contributed by atoms with Gasteiger partial charge in [0.05, 0.1) is 11.0 Å². The van der Waals surface area contributed by atoms with E-state index in [-0.39, 0.29) is 11.2 Å². The third-order valence-corrected chi connectivity index (χ3v) is 6.28. The molecule has 27 heavy (non-hydrogen) atoms. The number of nitrogens with one attached hydrogen (secondary N) is 2. The van der Waals surface area contributed by atoms with Crippen LogP contribution in [0.3, 0.4) is 0 Å². The molecular weight excluding hydrogens is 354 g/mol. The summed E-state index contributed by atoms with van der Waals surface area (Å²) < 4.78 is 0. The number of aryl methyl sites for hydroxylation is 1. The van der Waals surface area contributed by atoms with E-state index in [0.29, 0.717) is 6.04 Å². The number of rotatable bonds is 5. The van der Waals surface area contributed by atoms with Crippen molar-refractivity contribution in [2.24, 2.45) is 0 Å². The molecule has 1 saturated carbocycles. The molecule has 0 saturated heterocycles. The fourth-order valence-corrected chi connectivity index (χ4v) is 4.70. The van der Waals surface area contributed by atoms with Crippen LogP contribution in [0.5, 0.6) is 0 Å². The van der Waals surface area contributed by atoms with Gasteiger partial charge in [-0.25, -0.2) is 4.98 Å². The Morgan fingerprint density at radius 3 is 2.70 bits per heavy atom. The van der Waals surface area contributed by atoms with Crippen molar-refractivity contribution in [3.05, 3.63) is 59.7 Å². The predicted octanol–water partition coefficient (Wildman–Crippen LogP) is 5.15. The topological polar surface area (TPSA) is 57.8 Å². The normalized spacial score (nSPS) is 16.3. The fraction of sp³-hybridized carbons (Fsp3) is 0.364. The van der Waals surface area contributed by atoms with Crippen LogP contribution in [-0.4, -0.2) is 21.9 Å². The van der Waals surface area contributed by atoms with E-state index >= 15 is 0 Å². The highest BCUT2D eigenvalue weighted by atomic mass is 32.2. The fourth-order valence-electron chi connectivity index (χ4n) is 3.69. The van der Waals surface area contributed by atoms with Crippen LogP contribution < -0.4 is 5.32 Å². The number of aromatic amines is 1. The number of hydrogen-bond donors (Lipinski definition) is 2. The van der Waals surface area contributed by atoms with E-state index in [0.717, 1.165) is 34.6 Å². The van der Waals surface area contributed by atoms with Crippen LogP contribution in [0.4, 0.5) is 0 Å². The number of thioether (sulfide) groups is 1.